The largest absolute Gasteiger partial charge is 0.392 e. The summed E-state index contributed by atoms with van der Waals surface area (Å²) in [4.78, 5) is 0. The van der Waals surface area contributed by atoms with Gasteiger partial charge < -0.3 is 0 Å². The van der Waals surface area contributed by atoms with E-state index in [0.717, 1.165) is 43.9 Å². The van der Waals surface area contributed by atoms with Crippen molar-refractivity contribution in [3.05, 3.63) is 0 Å². The smallest absolute Gasteiger partial charge is 0.247 e. The standard InChI is InChI=1S/C10H14F6.C9H15F3.C8H13F3.2C8H16.C7H7F7.C7H11F3/c1-4-5(2)8(10(14,15)16)6(3)7(4)9(11,12)13;1-6-4-3-5-8(7(6)2)9(10,11)12;1-5-3-6(2)7(4-5)8(9,10)11;2*1-6-4-5-7(2)8(6)3;1-3-5(9,10)4(2,8)7(13,14)6(3,11)12;1-3-5(8)4(2)7(10)6(3)9/h4-8H,1-3H3;6-8H,3-5H2,1-2H3;5-7H,3-4H2,1-2H3;2*6-8H,4-5H2,1-3H3;3H,1-2H3;3-7H,1-2H3/i;;;8D;;;. The van der Waals surface area contributed by atoms with Crippen molar-refractivity contribution in [2.45, 2.75) is 242 Å². The molecule has 7 aliphatic carbocycles. The van der Waals surface area contributed by atoms with E-state index in [1.165, 1.54) is 53.4 Å². The van der Waals surface area contributed by atoms with Gasteiger partial charge in [0.25, 0.3) is 5.92 Å². The van der Waals surface area contributed by atoms with Crippen LogP contribution in [-0.2, 0) is 0 Å². The summed E-state index contributed by atoms with van der Waals surface area (Å²) in [7, 11) is 0. The first kappa shape index (κ1) is 73.6. The van der Waals surface area contributed by atoms with Crippen LogP contribution in [0.2, 0.25) is 0 Å². The van der Waals surface area contributed by atoms with E-state index in [2.05, 4.69) is 41.5 Å². The topological polar surface area (TPSA) is 0 Å². The van der Waals surface area contributed by atoms with Crippen LogP contribution in [0, 0.1) is 118 Å². The summed E-state index contributed by atoms with van der Waals surface area (Å²) >= 11 is 0. The van der Waals surface area contributed by atoms with Crippen LogP contribution in [-0.4, -0.2) is 66.7 Å². The van der Waals surface area contributed by atoms with Crippen LogP contribution in [0.1, 0.15) is 177 Å². The third-order valence-corrected chi connectivity index (χ3v) is 20.0. The molecular formula is C57H92F22. The summed E-state index contributed by atoms with van der Waals surface area (Å²) in [6, 6.07) is 0. The lowest BCUT2D eigenvalue weighted by Gasteiger charge is -2.35. The number of hydrogen-bond acceptors (Lipinski definition) is 0. The van der Waals surface area contributed by atoms with Gasteiger partial charge >= 0.3 is 36.6 Å². The summed E-state index contributed by atoms with van der Waals surface area (Å²) < 4.78 is 284. The average molecular weight is 1200 g/mol. The van der Waals surface area contributed by atoms with Gasteiger partial charge in [-0.25, -0.2) is 26.3 Å². The Morgan fingerprint density at radius 1 is 0.354 bits per heavy atom. The lowest BCUT2D eigenvalue weighted by atomic mass is 9.73. The van der Waals surface area contributed by atoms with Gasteiger partial charge in [-0.1, -0.05) is 149 Å². The Morgan fingerprint density at radius 3 is 0.873 bits per heavy atom. The fourth-order valence-corrected chi connectivity index (χ4v) is 13.0. The van der Waals surface area contributed by atoms with Crippen molar-refractivity contribution in [1.29, 1.82) is 0 Å². The van der Waals surface area contributed by atoms with Crippen molar-refractivity contribution < 1.29 is 98.0 Å². The van der Waals surface area contributed by atoms with Crippen LogP contribution in [0.15, 0.2) is 0 Å². The molecule has 0 spiro atoms. The Hall–Kier alpha value is -1.54. The van der Waals surface area contributed by atoms with Gasteiger partial charge in [0.15, 0.2) is 0 Å². The zero-order valence-corrected chi connectivity index (χ0v) is 48.9. The Balaban J connectivity index is 0.000000471. The van der Waals surface area contributed by atoms with Crippen molar-refractivity contribution in [3.8, 4) is 0 Å². The van der Waals surface area contributed by atoms with Gasteiger partial charge in [0.1, 0.15) is 18.5 Å². The van der Waals surface area contributed by atoms with E-state index >= 15 is 0 Å². The van der Waals surface area contributed by atoms with Gasteiger partial charge in [0.05, 0.1) is 29.6 Å². The highest BCUT2D eigenvalue weighted by Gasteiger charge is 2.88. The zero-order valence-electron chi connectivity index (χ0n) is 49.9. The maximum Gasteiger partial charge on any atom is 0.392 e. The zero-order chi connectivity index (χ0) is 63.6. The normalized spacial score (nSPS) is 45.3. The molecule has 0 N–H and O–H groups in total. The minimum atomic E-state index is -5.36. The molecule has 0 radical (unpaired) electrons. The van der Waals surface area contributed by atoms with E-state index in [0.29, 0.717) is 24.7 Å². The van der Waals surface area contributed by atoms with E-state index in [1.807, 2.05) is 13.8 Å². The summed E-state index contributed by atoms with van der Waals surface area (Å²) in [6.45, 7) is 27.2. The Labute approximate surface area is 457 Å². The Morgan fingerprint density at radius 2 is 0.709 bits per heavy atom. The van der Waals surface area contributed by atoms with Crippen molar-refractivity contribution >= 4 is 0 Å². The second-order valence-electron chi connectivity index (χ2n) is 25.4. The number of alkyl halides is 22. The molecule has 0 bridgehead atoms. The van der Waals surface area contributed by atoms with Crippen LogP contribution < -0.4 is 0 Å². The third-order valence-electron chi connectivity index (χ3n) is 20.0. The van der Waals surface area contributed by atoms with Gasteiger partial charge in [-0.15, -0.1) is 0 Å². The maximum absolute atomic E-state index is 12.9. The summed E-state index contributed by atoms with van der Waals surface area (Å²) in [5.41, 5.74) is -4.52. The molecule has 79 heavy (non-hydrogen) atoms. The fourth-order valence-electron chi connectivity index (χ4n) is 13.0. The average Bonchev–Trinajstić information content (AvgIpc) is 4.02. The van der Waals surface area contributed by atoms with Crippen LogP contribution >= 0.6 is 0 Å². The van der Waals surface area contributed by atoms with Crippen LogP contribution in [0.3, 0.4) is 0 Å². The molecule has 7 saturated carbocycles. The first-order chi connectivity index (χ1) is 35.5. The SMILES string of the molecule is CC1C(C)C(C(F)(F)F)C(C)C1C(F)(F)F.CC1C(F)(F)C(C)(F)C(F)(F)C1(F)F.CC1C(F)C(C)C(F)C1F.CC1CC(C)C(C(F)(F)F)C1.CC1CCC(C)C1C.CC1CCCC(C(F)(F)F)C1C.[2H]C1(C)C(C)CCC1C. The van der Waals surface area contributed by atoms with Crippen LogP contribution in [0.25, 0.3) is 0 Å². The molecule has 0 aromatic carbocycles. The van der Waals surface area contributed by atoms with Gasteiger partial charge in [-0.05, 0) is 103 Å². The molecule has 0 heterocycles. The third kappa shape index (κ3) is 18.0. The molecule has 0 amide bonds. The predicted octanol–water partition coefficient (Wildman–Crippen LogP) is 22.1. The van der Waals surface area contributed by atoms with E-state index in [9.17, 15) is 96.6 Å². The summed E-state index contributed by atoms with van der Waals surface area (Å²) in [6.07, 6.45) is -13.1. The van der Waals surface area contributed by atoms with Gasteiger partial charge in [0.2, 0.25) is 5.67 Å². The molecular weight excluding hydrogens is 1100 g/mol. The lowest BCUT2D eigenvalue weighted by Crippen LogP contribution is -2.52. The lowest BCUT2D eigenvalue weighted by molar-refractivity contribution is -0.248. The van der Waals surface area contributed by atoms with Gasteiger partial charge in [-0.3, -0.25) is 0 Å². The van der Waals surface area contributed by atoms with E-state index in [4.69, 9.17) is 1.37 Å². The number of rotatable bonds is 0. The minimum absolute atomic E-state index is 0.139. The summed E-state index contributed by atoms with van der Waals surface area (Å²) in [5.74, 6) is -24.8. The van der Waals surface area contributed by atoms with Crippen molar-refractivity contribution in [2.24, 2.45) is 118 Å². The summed E-state index contributed by atoms with van der Waals surface area (Å²) in [5, 5.41) is 0. The Bertz CT molecular complexity index is 1710. The fraction of sp³-hybridized carbons (Fsp3) is 1.00. The van der Waals surface area contributed by atoms with E-state index in [-0.39, 0.29) is 43.4 Å². The monoisotopic (exact) mass is 1200 g/mol. The van der Waals surface area contributed by atoms with Crippen molar-refractivity contribution in [3.63, 3.8) is 0 Å². The maximum atomic E-state index is 12.9. The molecule has 20 unspecified atom stereocenters. The molecule has 0 aromatic rings. The molecule has 0 nitrogen and oxygen atoms in total. The second kappa shape index (κ2) is 28.1. The van der Waals surface area contributed by atoms with Crippen molar-refractivity contribution in [1.82, 2.24) is 0 Å². The molecule has 0 saturated heterocycles. The van der Waals surface area contributed by atoms with E-state index < -0.39 is 126 Å². The number of halogens is 22. The first-order valence-corrected chi connectivity index (χ1v) is 28.0. The van der Waals surface area contributed by atoms with Crippen LogP contribution in [0.4, 0.5) is 96.6 Å². The van der Waals surface area contributed by atoms with Gasteiger partial charge in [-0.2, -0.15) is 70.2 Å². The highest BCUT2D eigenvalue weighted by atomic mass is 19.4. The molecule has 22 heteroatoms. The molecule has 20 atom stereocenters. The van der Waals surface area contributed by atoms with Crippen molar-refractivity contribution in [2.75, 3.05) is 0 Å². The Kier molecular flexibility index (Phi) is 26.2. The quantitative estimate of drug-likeness (QED) is 0.212. The second-order valence-corrected chi connectivity index (χ2v) is 25.4. The molecule has 474 valence electrons. The molecule has 0 aromatic heterocycles. The molecule has 7 aliphatic rings. The van der Waals surface area contributed by atoms with E-state index in [1.54, 1.807) is 13.8 Å². The predicted molar refractivity (Wildman–Crippen MR) is 265 cm³/mol. The molecule has 7 rings (SSSR count). The highest BCUT2D eigenvalue weighted by Crippen LogP contribution is 2.65. The van der Waals surface area contributed by atoms with Gasteiger partial charge in [0, 0.05) is 13.2 Å². The molecule has 7 fully saturated rings. The van der Waals surface area contributed by atoms with Crippen LogP contribution in [0.5, 0.6) is 0 Å². The molecule has 0 aliphatic heterocycles. The number of hydrogen-bond donors (Lipinski definition) is 0. The first-order valence-electron chi connectivity index (χ1n) is 28.5. The minimum Gasteiger partial charge on any atom is -0.247 e. The highest BCUT2D eigenvalue weighted by molar-refractivity contribution is 5.19.